The number of benzene rings is 1. The van der Waals surface area contributed by atoms with Crippen molar-refractivity contribution in [1.29, 1.82) is 0 Å². The van der Waals surface area contributed by atoms with Crippen LogP contribution in [0.1, 0.15) is 32.6 Å². The molecule has 8 heteroatoms. The van der Waals surface area contributed by atoms with Gasteiger partial charge >= 0.3 is 0 Å². The number of carbonyl (C=O) groups excluding carboxylic acids is 1. The zero-order valence-corrected chi connectivity index (χ0v) is 17.4. The van der Waals surface area contributed by atoms with Gasteiger partial charge in [-0.15, -0.1) is 0 Å². The molecule has 3 rings (SSSR count). The fraction of sp³-hybridized carbons (Fsp3) is 0.632. The van der Waals surface area contributed by atoms with E-state index in [2.05, 4.69) is 4.90 Å². The lowest BCUT2D eigenvalue weighted by atomic mass is 10.2. The molecule has 0 spiro atoms. The van der Waals surface area contributed by atoms with Crippen molar-refractivity contribution in [3.8, 4) is 0 Å². The van der Waals surface area contributed by atoms with Gasteiger partial charge in [0.05, 0.1) is 10.9 Å². The Labute approximate surface area is 167 Å². The number of hydrogen-bond acceptors (Lipinski definition) is 4. The molecule has 1 unspecified atom stereocenters. The second-order valence-electron chi connectivity index (χ2n) is 7.31. The second-order valence-corrected chi connectivity index (χ2v) is 9.69. The SMILES string of the molecule is CC(C(=O)N1CCCCCC1)N1CCN(S(=O)(=O)c2cccc(Cl)c2)CC1. The minimum atomic E-state index is -3.55. The zero-order valence-electron chi connectivity index (χ0n) is 15.8. The molecule has 0 radical (unpaired) electrons. The maximum Gasteiger partial charge on any atom is 0.243 e. The first-order valence-corrected chi connectivity index (χ1v) is 11.5. The topological polar surface area (TPSA) is 60.9 Å². The van der Waals surface area contributed by atoms with Gasteiger partial charge in [0.2, 0.25) is 15.9 Å². The minimum Gasteiger partial charge on any atom is -0.341 e. The highest BCUT2D eigenvalue weighted by molar-refractivity contribution is 7.89. The summed E-state index contributed by atoms with van der Waals surface area (Å²) < 4.78 is 27.1. The summed E-state index contributed by atoms with van der Waals surface area (Å²) in [6.07, 6.45) is 4.53. The molecule has 1 atom stereocenters. The number of sulfonamides is 1. The summed E-state index contributed by atoms with van der Waals surface area (Å²) in [5.41, 5.74) is 0. The van der Waals surface area contributed by atoms with Crippen LogP contribution in [0.5, 0.6) is 0 Å². The highest BCUT2D eigenvalue weighted by atomic mass is 35.5. The monoisotopic (exact) mass is 413 g/mol. The Kier molecular flexibility index (Phi) is 6.78. The van der Waals surface area contributed by atoms with Gasteiger partial charge in [0, 0.05) is 44.3 Å². The quantitative estimate of drug-likeness (QED) is 0.760. The standard InChI is InChI=1S/C19H28ClN3O3S/c1-16(19(24)22-9-4-2-3-5-10-22)21-11-13-23(14-12-21)27(25,26)18-8-6-7-17(20)15-18/h6-8,15-16H,2-5,9-14H2,1H3. The van der Waals surface area contributed by atoms with Crippen LogP contribution in [0.25, 0.3) is 0 Å². The van der Waals surface area contributed by atoms with Gasteiger partial charge in [0.1, 0.15) is 0 Å². The average Bonchev–Trinajstić information content (AvgIpc) is 2.96. The molecule has 0 aliphatic carbocycles. The predicted molar refractivity (Wildman–Crippen MR) is 106 cm³/mol. The van der Waals surface area contributed by atoms with E-state index >= 15 is 0 Å². The van der Waals surface area contributed by atoms with Gasteiger partial charge in [-0.3, -0.25) is 9.69 Å². The van der Waals surface area contributed by atoms with Gasteiger partial charge in [-0.2, -0.15) is 4.31 Å². The molecule has 0 N–H and O–H groups in total. The molecule has 2 aliphatic rings. The van der Waals surface area contributed by atoms with Crippen LogP contribution in [0.3, 0.4) is 0 Å². The highest BCUT2D eigenvalue weighted by Gasteiger charge is 2.33. The van der Waals surface area contributed by atoms with Crippen LogP contribution in [-0.2, 0) is 14.8 Å². The normalized spacial score (nSPS) is 21.6. The van der Waals surface area contributed by atoms with E-state index in [0.29, 0.717) is 31.2 Å². The maximum absolute atomic E-state index is 12.8. The summed E-state index contributed by atoms with van der Waals surface area (Å²) in [7, 11) is -3.55. The molecular formula is C19H28ClN3O3S. The number of amides is 1. The lowest BCUT2D eigenvalue weighted by Gasteiger charge is -2.38. The number of piperazine rings is 1. The van der Waals surface area contributed by atoms with Crippen LogP contribution in [-0.4, -0.2) is 73.7 Å². The van der Waals surface area contributed by atoms with Crippen molar-refractivity contribution in [3.05, 3.63) is 29.3 Å². The summed E-state index contributed by atoms with van der Waals surface area (Å²) in [5, 5.41) is 0.409. The Morgan fingerprint density at radius 2 is 1.63 bits per heavy atom. The van der Waals surface area contributed by atoms with E-state index in [1.807, 2.05) is 11.8 Å². The number of likely N-dealkylation sites (tertiary alicyclic amines) is 1. The molecule has 2 fully saturated rings. The third-order valence-corrected chi connectivity index (χ3v) is 7.66. The molecule has 6 nitrogen and oxygen atoms in total. The van der Waals surface area contributed by atoms with E-state index in [0.717, 1.165) is 25.9 Å². The number of nitrogens with zero attached hydrogens (tertiary/aromatic N) is 3. The Hall–Kier alpha value is -1.15. The Balaban J connectivity index is 1.60. The molecule has 1 amide bonds. The largest absolute Gasteiger partial charge is 0.341 e. The van der Waals surface area contributed by atoms with E-state index in [1.165, 1.54) is 23.2 Å². The van der Waals surface area contributed by atoms with Crippen LogP contribution in [0.15, 0.2) is 29.2 Å². The van der Waals surface area contributed by atoms with Gasteiger partial charge in [0.15, 0.2) is 0 Å². The van der Waals surface area contributed by atoms with E-state index in [4.69, 9.17) is 11.6 Å². The van der Waals surface area contributed by atoms with Crippen LogP contribution in [0.2, 0.25) is 5.02 Å². The van der Waals surface area contributed by atoms with Crippen molar-refractivity contribution in [2.24, 2.45) is 0 Å². The molecule has 2 saturated heterocycles. The van der Waals surface area contributed by atoms with Gasteiger partial charge in [0.25, 0.3) is 0 Å². The molecule has 0 aromatic heterocycles. The Morgan fingerprint density at radius 1 is 1.00 bits per heavy atom. The zero-order chi connectivity index (χ0) is 19.4. The molecule has 2 heterocycles. The first kappa shape index (κ1) is 20.6. The molecule has 150 valence electrons. The number of hydrogen-bond donors (Lipinski definition) is 0. The van der Waals surface area contributed by atoms with Crippen molar-refractivity contribution < 1.29 is 13.2 Å². The van der Waals surface area contributed by atoms with E-state index in [-0.39, 0.29) is 16.8 Å². The molecule has 1 aromatic rings. The third kappa shape index (κ3) is 4.83. The Bertz CT molecular complexity index is 755. The van der Waals surface area contributed by atoms with Crippen molar-refractivity contribution >= 4 is 27.5 Å². The van der Waals surface area contributed by atoms with Crippen LogP contribution in [0.4, 0.5) is 0 Å². The van der Waals surface area contributed by atoms with Crippen LogP contribution >= 0.6 is 11.6 Å². The molecule has 0 bridgehead atoms. The second kappa shape index (κ2) is 8.90. The van der Waals surface area contributed by atoms with E-state index < -0.39 is 10.0 Å². The highest BCUT2D eigenvalue weighted by Crippen LogP contribution is 2.22. The van der Waals surface area contributed by atoms with Gasteiger partial charge < -0.3 is 4.90 Å². The predicted octanol–water partition coefficient (Wildman–Crippen LogP) is 2.44. The lowest BCUT2D eigenvalue weighted by Crippen LogP contribution is -2.55. The van der Waals surface area contributed by atoms with Crippen LogP contribution in [0, 0.1) is 0 Å². The number of rotatable bonds is 4. The smallest absolute Gasteiger partial charge is 0.243 e. The van der Waals surface area contributed by atoms with Gasteiger partial charge in [-0.25, -0.2) is 8.42 Å². The first-order chi connectivity index (χ1) is 12.9. The average molecular weight is 414 g/mol. The summed E-state index contributed by atoms with van der Waals surface area (Å²) in [6.45, 7) is 5.49. The van der Waals surface area contributed by atoms with Crippen molar-refractivity contribution in [2.45, 2.75) is 43.5 Å². The minimum absolute atomic E-state index is 0.169. The van der Waals surface area contributed by atoms with E-state index in [9.17, 15) is 13.2 Å². The lowest BCUT2D eigenvalue weighted by molar-refractivity contribution is -0.136. The third-order valence-electron chi connectivity index (χ3n) is 5.53. The fourth-order valence-corrected chi connectivity index (χ4v) is 5.54. The van der Waals surface area contributed by atoms with Crippen LogP contribution < -0.4 is 0 Å². The van der Waals surface area contributed by atoms with Crippen molar-refractivity contribution in [3.63, 3.8) is 0 Å². The summed E-state index contributed by atoms with van der Waals surface area (Å²) in [5.74, 6) is 0.169. The Morgan fingerprint density at radius 3 is 2.22 bits per heavy atom. The molecule has 0 saturated carbocycles. The molecule has 2 aliphatic heterocycles. The first-order valence-electron chi connectivity index (χ1n) is 9.68. The summed E-state index contributed by atoms with van der Waals surface area (Å²) in [4.78, 5) is 17.1. The number of halogens is 1. The molecule has 27 heavy (non-hydrogen) atoms. The van der Waals surface area contributed by atoms with Crippen molar-refractivity contribution in [1.82, 2.24) is 14.1 Å². The number of carbonyl (C=O) groups is 1. The van der Waals surface area contributed by atoms with Gasteiger partial charge in [-0.1, -0.05) is 30.5 Å². The van der Waals surface area contributed by atoms with Crippen molar-refractivity contribution in [2.75, 3.05) is 39.3 Å². The maximum atomic E-state index is 12.8. The van der Waals surface area contributed by atoms with E-state index in [1.54, 1.807) is 18.2 Å². The summed E-state index contributed by atoms with van der Waals surface area (Å²) >= 11 is 5.94. The molecule has 1 aromatic carbocycles. The van der Waals surface area contributed by atoms with Gasteiger partial charge in [-0.05, 0) is 38.0 Å². The summed E-state index contributed by atoms with van der Waals surface area (Å²) in [6, 6.07) is 6.15. The fourth-order valence-electron chi connectivity index (χ4n) is 3.82. The molecular weight excluding hydrogens is 386 g/mol.